The molecule has 0 atom stereocenters. The fourth-order valence-corrected chi connectivity index (χ4v) is 5.11. The first-order valence-electron chi connectivity index (χ1n) is 11.9. The summed E-state index contributed by atoms with van der Waals surface area (Å²) in [5.41, 5.74) is 2.43. The highest BCUT2D eigenvalue weighted by molar-refractivity contribution is 9.10. The molecule has 9 heteroatoms. The zero-order chi connectivity index (χ0) is 27.4. The van der Waals surface area contributed by atoms with Gasteiger partial charge in [0.1, 0.15) is 30.5 Å². The van der Waals surface area contributed by atoms with Crippen molar-refractivity contribution in [1.82, 2.24) is 4.90 Å². The molecule has 0 bridgehead atoms. The molecule has 38 heavy (non-hydrogen) atoms. The van der Waals surface area contributed by atoms with E-state index in [1.165, 1.54) is 17.7 Å². The average Bonchev–Trinajstić information content (AvgIpc) is 3.12. The molecule has 1 aliphatic rings. The standard InChI is InChI=1S/C29H26BrClFNO4S/c1-29(2,3)20-6-10-23(11-7-20)36-12-13-37-25-15-21(30)8-4-18(25)14-26-27(34)33(28(35)38-26)17-19-5-9-22(32)16-24(19)31/h4-11,14-16H,12-13,17H2,1-3H3/b26-14-. The fraction of sp³-hybridized carbons (Fsp3) is 0.241. The third-order valence-corrected chi connectivity index (χ3v) is 7.56. The van der Waals surface area contributed by atoms with E-state index in [9.17, 15) is 14.0 Å². The van der Waals surface area contributed by atoms with Gasteiger partial charge in [0, 0.05) is 15.1 Å². The van der Waals surface area contributed by atoms with E-state index in [2.05, 4.69) is 48.8 Å². The Morgan fingerprint density at radius 3 is 2.39 bits per heavy atom. The van der Waals surface area contributed by atoms with E-state index in [4.69, 9.17) is 21.1 Å². The second-order valence-corrected chi connectivity index (χ2v) is 12.0. The van der Waals surface area contributed by atoms with E-state index in [1.807, 2.05) is 18.2 Å². The zero-order valence-corrected chi connectivity index (χ0v) is 24.3. The Morgan fingerprint density at radius 2 is 1.71 bits per heavy atom. The number of thioether (sulfide) groups is 1. The van der Waals surface area contributed by atoms with Gasteiger partial charge in [-0.05, 0) is 70.8 Å². The van der Waals surface area contributed by atoms with Gasteiger partial charge in [0.25, 0.3) is 11.1 Å². The molecule has 3 aromatic rings. The monoisotopic (exact) mass is 617 g/mol. The molecule has 0 spiro atoms. The van der Waals surface area contributed by atoms with Gasteiger partial charge in [-0.2, -0.15) is 0 Å². The minimum Gasteiger partial charge on any atom is -0.490 e. The predicted octanol–water partition coefficient (Wildman–Crippen LogP) is 8.23. The van der Waals surface area contributed by atoms with E-state index in [0.717, 1.165) is 33.0 Å². The number of carbonyl (C=O) groups excluding carboxylic acids is 2. The van der Waals surface area contributed by atoms with E-state index >= 15 is 0 Å². The van der Waals surface area contributed by atoms with Crippen molar-refractivity contribution >= 4 is 56.5 Å². The van der Waals surface area contributed by atoms with Crippen molar-refractivity contribution in [3.8, 4) is 11.5 Å². The molecule has 1 heterocycles. The summed E-state index contributed by atoms with van der Waals surface area (Å²) in [6, 6.07) is 17.3. The number of nitrogens with zero attached hydrogens (tertiary/aromatic N) is 1. The van der Waals surface area contributed by atoms with Gasteiger partial charge in [0.2, 0.25) is 0 Å². The number of imide groups is 1. The molecule has 1 aliphatic heterocycles. The van der Waals surface area contributed by atoms with Gasteiger partial charge < -0.3 is 9.47 Å². The van der Waals surface area contributed by atoms with Gasteiger partial charge in [-0.15, -0.1) is 0 Å². The summed E-state index contributed by atoms with van der Waals surface area (Å²) < 4.78 is 26.0. The van der Waals surface area contributed by atoms with Gasteiger partial charge in [-0.25, -0.2) is 4.39 Å². The molecule has 2 amide bonds. The maximum absolute atomic E-state index is 13.4. The van der Waals surface area contributed by atoms with Crippen LogP contribution < -0.4 is 9.47 Å². The molecule has 3 aromatic carbocycles. The first-order chi connectivity index (χ1) is 18.0. The summed E-state index contributed by atoms with van der Waals surface area (Å²) >= 11 is 10.4. The third-order valence-electron chi connectivity index (χ3n) is 5.81. The van der Waals surface area contributed by atoms with Crippen LogP contribution in [0.5, 0.6) is 11.5 Å². The Kier molecular flexibility index (Phi) is 8.85. The van der Waals surface area contributed by atoms with Crippen molar-refractivity contribution in [2.75, 3.05) is 13.2 Å². The third kappa shape index (κ3) is 6.98. The smallest absolute Gasteiger partial charge is 0.293 e. The van der Waals surface area contributed by atoms with E-state index in [0.29, 0.717) is 23.5 Å². The largest absolute Gasteiger partial charge is 0.490 e. The SMILES string of the molecule is CC(C)(C)c1ccc(OCCOc2cc(Br)ccc2/C=C2\SC(=O)N(Cc3ccc(F)cc3Cl)C2=O)cc1. The van der Waals surface area contributed by atoms with E-state index < -0.39 is 17.0 Å². The summed E-state index contributed by atoms with van der Waals surface area (Å²) in [7, 11) is 0. The molecule has 1 saturated heterocycles. The highest BCUT2D eigenvalue weighted by Gasteiger charge is 2.35. The highest BCUT2D eigenvalue weighted by Crippen LogP contribution is 2.36. The van der Waals surface area contributed by atoms with Gasteiger partial charge in [0.05, 0.1) is 11.4 Å². The molecule has 0 N–H and O–H groups in total. The lowest BCUT2D eigenvalue weighted by molar-refractivity contribution is -0.123. The van der Waals surface area contributed by atoms with Crippen LogP contribution in [0.2, 0.25) is 5.02 Å². The summed E-state index contributed by atoms with van der Waals surface area (Å²) in [5, 5.41) is -0.268. The molecule has 0 unspecified atom stereocenters. The lowest BCUT2D eigenvalue weighted by Crippen LogP contribution is -2.27. The number of ether oxygens (including phenoxy) is 2. The lowest BCUT2D eigenvalue weighted by Gasteiger charge is -2.19. The molecule has 0 saturated carbocycles. The topological polar surface area (TPSA) is 55.8 Å². The van der Waals surface area contributed by atoms with Crippen LogP contribution in [-0.2, 0) is 16.8 Å². The maximum atomic E-state index is 13.4. The van der Waals surface area contributed by atoms with Gasteiger partial charge >= 0.3 is 0 Å². The second-order valence-electron chi connectivity index (χ2n) is 9.66. The van der Waals surface area contributed by atoms with Crippen LogP contribution in [0.4, 0.5) is 9.18 Å². The summed E-state index contributed by atoms with van der Waals surface area (Å²) in [4.78, 5) is 26.9. The van der Waals surface area contributed by atoms with E-state index in [-0.39, 0.29) is 28.5 Å². The Balaban J connectivity index is 1.41. The summed E-state index contributed by atoms with van der Waals surface area (Å²) in [6.07, 6.45) is 1.63. The van der Waals surface area contributed by atoms with Gasteiger partial charge in [-0.3, -0.25) is 14.5 Å². The van der Waals surface area contributed by atoms with Crippen LogP contribution in [0, 0.1) is 5.82 Å². The molecular weight excluding hydrogens is 593 g/mol. The van der Waals surface area contributed by atoms with Crippen LogP contribution in [0.3, 0.4) is 0 Å². The Hall–Kier alpha value is -2.81. The van der Waals surface area contributed by atoms with Crippen molar-refractivity contribution in [1.29, 1.82) is 0 Å². The van der Waals surface area contributed by atoms with Crippen LogP contribution in [0.1, 0.15) is 37.5 Å². The van der Waals surface area contributed by atoms with Crippen molar-refractivity contribution in [2.24, 2.45) is 0 Å². The molecule has 0 aromatic heterocycles. The number of hydrogen-bond acceptors (Lipinski definition) is 5. The van der Waals surface area contributed by atoms with Gasteiger partial charge in [-0.1, -0.05) is 72.6 Å². The first-order valence-corrected chi connectivity index (χ1v) is 13.8. The number of rotatable bonds is 8. The van der Waals surface area contributed by atoms with Crippen LogP contribution >= 0.6 is 39.3 Å². The Labute approximate surface area is 239 Å². The fourth-order valence-electron chi connectivity index (χ4n) is 3.71. The zero-order valence-electron chi connectivity index (χ0n) is 21.1. The van der Waals surface area contributed by atoms with Crippen molar-refractivity contribution in [3.63, 3.8) is 0 Å². The molecular formula is C29H26BrClFNO4S. The number of carbonyl (C=O) groups is 2. The normalized spacial score (nSPS) is 14.9. The highest BCUT2D eigenvalue weighted by atomic mass is 79.9. The predicted molar refractivity (Wildman–Crippen MR) is 153 cm³/mol. The van der Waals surface area contributed by atoms with Crippen molar-refractivity contribution in [3.05, 3.63) is 97.6 Å². The number of amides is 2. The summed E-state index contributed by atoms with van der Waals surface area (Å²) in [6.45, 7) is 7.05. The van der Waals surface area contributed by atoms with Crippen LogP contribution in [0.25, 0.3) is 6.08 Å². The van der Waals surface area contributed by atoms with E-state index in [1.54, 1.807) is 18.2 Å². The minimum atomic E-state index is -0.487. The van der Waals surface area contributed by atoms with Crippen LogP contribution in [-0.4, -0.2) is 29.3 Å². The van der Waals surface area contributed by atoms with Crippen LogP contribution in [0.15, 0.2) is 70.0 Å². The average molecular weight is 619 g/mol. The van der Waals surface area contributed by atoms with Gasteiger partial charge in [0.15, 0.2) is 0 Å². The number of halogens is 3. The summed E-state index contributed by atoms with van der Waals surface area (Å²) in [5.74, 6) is 0.362. The first kappa shape index (κ1) is 28.2. The quantitative estimate of drug-likeness (QED) is 0.188. The molecule has 0 aliphatic carbocycles. The Bertz CT molecular complexity index is 1390. The molecule has 0 radical (unpaired) electrons. The molecule has 5 nitrogen and oxygen atoms in total. The van der Waals surface area contributed by atoms with Crippen molar-refractivity contribution in [2.45, 2.75) is 32.7 Å². The number of hydrogen-bond donors (Lipinski definition) is 0. The minimum absolute atomic E-state index is 0.0428. The van der Waals surface area contributed by atoms with Crippen molar-refractivity contribution < 1.29 is 23.5 Å². The number of benzene rings is 3. The Morgan fingerprint density at radius 1 is 1.00 bits per heavy atom. The molecule has 198 valence electrons. The second kappa shape index (κ2) is 11.9. The molecule has 1 fully saturated rings. The lowest BCUT2D eigenvalue weighted by atomic mass is 9.87. The molecule has 4 rings (SSSR count). The maximum Gasteiger partial charge on any atom is 0.293 e.